The number of nitro benzene ring substituents is 2. The zero-order valence-corrected chi connectivity index (χ0v) is 26.6. The van der Waals surface area contributed by atoms with Crippen LogP contribution in [0.5, 0.6) is 0 Å². The number of ether oxygens (including phenoxy) is 2. The maximum atomic E-state index is 14.5. The normalized spacial score (nSPS) is 16.6. The van der Waals surface area contributed by atoms with Gasteiger partial charge in [0.1, 0.15) is 29.4 Å². The lowest BCUT2D eigenvalue weighted by Gasteiger charge is -2.36. The molecule has 3 rings (SSSR count). The second kappa shape index (κ2) is 14.8. The number of hydrogen-bond acceptors (Lipinski definition) is 11. The number of anilines is 1. The van der Waals surface area contributed by atoms with Crippen LogP contribution in [0.1, 0.15) is 59.6 Å². The van der Waals surface area contributed by atoms with Crippen molar-refractivity contribution in [2.24, 2.45) is 5.92 Å². The number of para-hydroxylation sites is 1. The minimum Gasteiger partial charge on any atom is -0.467 e. The molecule has 0 spiro atoms. The van der Waals surface area contributed by atoms with E-state index in [2.05, 4.69) is 15.3 Å². The third-order valence-corrected chi connectivity index (χ3v) is 7.58. The zero-order chi connectivity index (χ0) is 34.3. The number of esters is 1. The summed E-state index contributed by atoms with van der Waals surface area (Å²) >= 11 is 0. The van der Waals surface area contributed by atoms with E-state index in [0.717, 1.165) is 23.1 Å². The van der Waals surface area contributed by atoms with Gasteiger partial charge in [-0.2, -0.15) is 0 Å². The van der Waals surface area contributed by atoms with Gasteiger partial charge in [0.15, 0.2) is 0 Å². The smallest absolute Gasteiger partial charge is 0.415 e. The van der Waals surface area contributed by atoms with Crippen LogP contribution in [0.15, 0.2) is 30.7 Å². The highest BCUT2D eigenvalue weighted by molar-refractivity contribution is 6.02. The van der Waals surface area contributed by atoms with E-state index in [0.29, 0.717) is 12.8 Å². The molecule has 2 aromatic rings. The lowest BCUT2D eigenvalue weighted by atomic mass is 9.98. The summed E-state index contributed by atoms with van der Waals surface area (Å²) in [7, 11) is 1.20. The van der Waals surface area contributed by atoms with Gasteiger partial charge < -0.3 is 24.7 Å². The Labute approximate surface area is 264 Å². The SMILES string of the molecule is CC[C@H](C)[C@H](NC(=O)[C@@H]1CCCN1C(=O)[C@H](Cc1c[nH]cn1)N(C(=O)OC(C)(C)C)c1cccc([N+](=O)[O-])c1[N+](=O)[O-])C(=O)OC. The molecule has 0 unspecified atom stereocenters. The molecule has 1 aromatic heterocycles. The Morgan fingerprint density at radius 3 is 2.43 bits per heavy atom. The predicted molar refractivity (Wildman–Crippen MR) is 163 cm³/mol. The molecule has 1 fully saturated rings. The van der Waals surface area contributed by atoms with Crippen LogP contribution in [0.4, 0.5) is 21.9 Å². The fraction of sp³-hybridized carbons (Fsp3) is 0.552. The fourth-order valence-electron chi connectivity index (χ4n) is 5.18. The molecular formula is C29H39N7O10. The van der Waals surface area contributed by atoms with Gasteiger partial charge in [-0.25, -0.2) is 14.6 Å². The van der Waals surface area contributed by atoms with Crippen LogP contribution in [0, 0.1) is 26.1 Å². The molecule has 2 N–H and O–H groups in total. The largest absolute Gasteiger partial charge is 0.467 e. The molecule has 17 heteroatoms. The van der Waals surface area contributed by atoms with Gasteiger partial charge >= 0.3 is 23.4 Å². The summed E-state index contributed by atoms with van der Waals surface area (Å²) in [6, 6.07) is -0.465. The van der Waals surface area contributed by atoms with Crippen molar-refractivity contribution in [1.82, 2.24) is 20.2 Å². The summed E-state index contributed by atoms with van der Waals surface area (Å²) in [5.41, 5.74) is -3.34. The standard InChI is InChI=1S/C29H39N7O10/c1-7-17(2)23(27(39)45-6)32-25(37)21-12-9-13-33(21)26(38)22(14-18-15-30-16-31-18)34(28(40)46-29(3,4)5)19-10-8-11-20(35(41)42)24(19)36(43)44/h8,10-11,15-17,21-23H,7,9,12-14H2,1-6H3,(H,30,31)(H,32,37)/t17-,21-,22-,23-/m0/s1. The molecule has 17 nitrogen and oxygen atoms in total. The van der Waals surface area contributed by atoms with Crippen LogP contribution in [0.3, 0.4) is 0 Å². The quantitative estimate of drug-likeness (QED) is 0.194. The molecule has 0 aliphatic carbocycles. The Morgan fingerprint density at radius 2 is 1.89 bits per heavy atom. The number of nitrogens with one attached hydrogen (secondary N) is 2. The first kappa shape index (κ1) is 35.4. The van der Waals surface area contributed by atoms with Crippen molar-refractivity contribution in [2.75, 3.05) is 18.6 Å². The lowest BCUT2D eigenvalue weighted by Crippen LogP contribution is -2.58. The maximum Gasteiger partial charge on any atom is 0.415 e. The maximum absolute atomic E-state index is 14.5. The van der Waals surface area contributed by atoms with E-state index in [9.17, 15) is 39.4 Å². The summed E-state index contributed by atoms with van der Waals surface area (Å²) < 4.78 is 10.4. The molecule has 250 valence electrons. The van der Waals surface area contributed by atoms with Gasteiger partial charge in [0.05, 0.1) is 29.0 Å². The Hall–Kier alpha value is -5.09. The van der Waals surface area contributed by atoms with Crippen molar-refractivity contribution in [3.05, 3.63) is 56.6 Å². The van der Waals surface area contributed by atoms with Crippen LogP contribution in [0.25, 0.3) is 0 Å². The number of aromatic nitrogens is 2. The van der Waals surface area contributed by atoms with Crippen molar-refractivity contribution >= 4 is 40.9 Å². The molecule has 2 heterocycles. The number of H-pyrrole nitrogens is 1. The monoisotopic (exact) mass is 645 g/mol. The second-order valence-electron chi connectivity index (χ2n) is 11.9. The molecule has 1 aromatic carbocycles. The number of likely N-dealkylation sites (tertiary alicyclic amines) is 1. The number of benzene rings is 1. The van der Waals surface area contributed by atoms with Gasteiger partial charge in [-0.15, -0.1) is 0 Å². The van der Waals surface area contributed by atoms with Crippen molar-refractivity contribution in [3.8, 4) is 0 Å². The van der Waals surface area contributed by atoms with Crippen molar-refractivity contribution in [3.63, 3.8) is 0 Å². The van der Waals surface area contributed by atoms with E-state index in [4.69, 9.17) is 9.47 Å². The molecule has 3 amide bonds. The van der Waals surface area contributed by atoms with Crippen LogP contribution in [-0.4, -0.2) is 86.0 Å². The molecule has 1 saturated heterocycles. The molecule has 0 bridgehead atoms. The Balaban J connectivity index is 2.16. The van der Waals surface area contributed by atoms with E-state index in [-0.39, 0.29) is 31.0 Å². The van der Waals surface area contributed by atoms with E-state index in [1.165, 1.54) is 24.5 Å². The number of carbonyl (C=O) groups is 4. The van der Waals surface area contributed by atoms with E-state index < -0.39 is 74.5 Å². The van der Waals surface area contributed by atoms with Gasteiger partial charge in [-0.3, -0.25) is 34.7 Å². The van der Waals surface area contributed by atoms with Crippen LogP contribution >= 0.6 is 0 Å². The van der Waals surface area contributed by atoms with Gasteiger partial charge in [-0.05, 0) is 45.6 Å². The summed E-state index contributed by atoms with van der Waals surface area (Å²) in [6.45, 7) is 8.33. The van der Waals surface area contributed by atoms with Crippen LogP contribution in [-0.2, 0) is 30.3 Å². The molecular weight excluding hydrogens is 606 g/mol. The molecule has 46 heavy (non-hydrogen) atoms. The predicted octanol–water partition coefficient (Wildman–Crippen LogP) is 3.27. The second-order valence-corrected chi connectivity index (χ2v) is 11.9. The topological polar surface area (TPSA) is 220 Å². The highest BCUT2D eigenvalue weighted by Crippen LogP contribution is 2.39. The van der Waals surface area contributed by atoms with Gasteiger partial charge in [0, 0.05) is 25.2 Å². The van der Waals surface area contributed by atoms with Gasteiger partial charge in [0.25, 0.3) is 0 Å². The fourth-order valence-corrected chi connectivity index (χ4v) is 5.18. The van der Waals surface area contributed by atoms with E-state index in [1.807, 2.05) is 6.92 Å². The minimum atomic E-state index is -1.60. The van der Waals surface area contributed by atoms with E-state index in [1.54, 1.807) is 27.7 Å². The molecule has 4 atom stereocenters. The summed E-state index contributed by atoms with van der Waals surface area (Å²) in [4.78, 5) is 85.4. The van der Waals surface area contributed by atoms with Crippen molar-refractivity contribution in [2.45, 2.75) is 84.0 Å². The third kappa shape index (κ3) is 8.13. The van der Waals surface area contributed by atoms with E-state index >= 15 is 0 Å². The molecule has 0 radical (unpaired) electrons. The molecule has 1 aliphatic rings. The first-order chi connectivity index (χ1) is 21.6. The molecule has 1 aliphatic heterocycles. The number of carbonyl (C=O) groups excluding carboxylic acids is 4. The average Bonchev–Trinajstić information content (AvgIpc) is 3.70. The number of imidazole rings is 1. The first-order valence-electron chi connectivity index (χ1n) is 14.7. The number of nitrogens with zero attached hydrogens (tertiary/aromatic N) is 5. The highest BCUT2D eigenvalue weighted by Gasteiger charge is 2.46. The Morgan fingerprint density at radius 1 is 1.20 bits per heavy atom. The van der Waals surface area contributed by atoms with Gasteiger partial charge in [-0.1, -0.05) is 26.3 Å². The van der Waals surface area contributed by atoms with Gasteiger partial charge in [0.2, 0.25) is 11.8 Å². The first-order valence-corrected chi connectivity index (χ1v) is 14.7. The van der Waals surface area contributed by atoms with Crippen molar-refractivity contribution in [1.29, 1.82) is 0 Å². The summed E-state index contributed by atoms with van der Waals surface area (Å²) in [6.07, 6.45) is 2.47. The summed E-state index contributed by atoms with van der Waals surface area (Å²) in [5, 5.41) is 26.8. The number of aromatic amines is 1. The Bertz CT molecular complexity index is 1460. The number of hydrogen-bond donors (Lipinski definition) is 2. The highest BCUT2D eigenvalue weighted by atomic mass is 16.6. The lowest BCUT2D eigenvalue weighted by molar-refractivity contribution is -0.422. The van der Waals surface area contributed by atoms with Crippen molar-refractivity contribution < 1.29 is 38.5 Å². The number of nitro groups is 2. The number of methoxy groups -OCH3 is 1. The number of amides is 3. The van der Waals surface area contributed by atoms with Crippen LogP contribution in [0.2, 0.25) is 0 Å². The third-order valence-electron chi connectivity index (χ3n) is 7.58. The Kier molecular flexibility index (Phi) is 11.4. The molecule has 0 saturated carbocycles. The summed E-state index contributed by atoms with van der Waals surface area (Å²) in [5.74, 6) is -2.34. The zero-order valence-electron chi connectivity index (χ0n) is 26.6. The minimum absolute atomic E-state index is 0.0827. The average molecular weight is 646 g/mol. The number of rotatable bonds is 12. The van der Waals surface area contributed by atoms with Crippen LogP contribution < -0.4 is 10.2 Å².